The number of nitrogens with zero attached hydrogens (tertiary/aromatic N) is 3. The summed E-state index contributed by atoms with van der Waals surface area (Å²) in [5.74, 6) is 0.0226. The van der Waals surface area contributed by atoms with E-state index < -0.39 is 5.82 Å². The van der Waals surface area contributed by atoms with Crippen LogP contribution in [-0.4, -0.2) is 24.1 Å². The Kier molecular flexibility index (Phi) is 2.12. The van der Waals surface area contributed by atoms with Crippen molar-refractivity contribution < 1.29 is 4.39 Å². The Hall–Kier alpha value is -1.39. The Bertz CT molecular complexity index is 298. The van der Waals surface area contributed by atoms with Crippen LogP contribution in [0.15, 0.2) is 0 Å². The molecule has 0 spiro atoms. The summed E-state index contributed by atoms with van der Waals surface area (Å²) in [4.78, 5) is 9.13. The number of nitrogens with two attached hydrogens (primary N) is 1. The molecule has 0 fully saturated rings. The Balaban J connectivity index is 3.28. The molecule has 4 nitrogen and oxygen atoms in total. The highest BCUT2D eigenvalue weighted by Crippen LogP contribution is 2.17. The van der Waals surface area contributed by atoms with Gasteiger partial charge < -0.3 is 10.6 Å². The Morgan fingerprint density at radius 3 is 2.42 bits per heavy atom. The molecule has 0 aliphatic heterocycles. The van der Waals surface area contributed by atoms with Crippen LogP contribution in [0.1, 0.15) is 5.82 Å². The molecule has 0 atom stereocenters. The molecule has 0 bridgehead atoms. The van der Waals surface area contributed by atoms with Gasteiger partial charge in [0.05, 0.1) is 0 Å². The molecule has 0 radical (unpaired) electrons. The minimum absolute atomic E-state index is 0.105. The van der Waals surface area contributed by atoms with Gasteiger partial charge in [0.1, 0.15) is 5.82 Å². The SMILES string of the molecule is Cc1nc(N)c(F)c(N(C)C)n1. The van der Waals surface area contributed by atoms with Crippen LogP contribution in [0.4, 0.5) is 16.0 Å². The molecule has 5 heteroatoms. The molecule has 1 heterocycles. The van der Waals surface area contributed by atoms with E-state index in [0.29, 0.717) is 5.82 Å². The fourth-order valence-electron chi connectivity index (χ4n) is 0.862. The van der Waals surface area contributed by atoms with E-state index in [9.17, 15) is 4.39 Å². The van der Waals surface area contributed by atoms with Crippen LogP contribution in [-0.2, 0) is 0 Å². The van der Waals surface area contributed by atoms with Crippen molar-refractivity contribution in [3.63, 3.8) is 0 Å². The van der Waals surface area contributed by atoms with E-state index in [0.717, 1.165) is 0 Å². The fourth-order valence-corrected chi connectivity index (χ4v) is 0.862. The maximum atomic E-state index is 13.1. The van der Waals surface area contributed by atoms with E-state index in [4.69, 9.17) is 5.73 Å². The minimum atomic E-state index is -0.564. The molecular weight excluding hydrogens is 159 g/mol. The molecule has 0 amide bonds. The van der Waals surface area contributed by atoms with Crippen molar-refractivity contribution in [2.24, 2.45) is 0 Å². The number of hydrogen-bond acceptors (Lipinski definition) is 4. The molecule has 0 aliphatic rings. The lowest BCUT2D eigenvalue weighted by atomic mass is 10.4. The lowest BCUT2D eigenvalue weighted by Crippen LogP contribution is -2.15. The standard InChI is InChI=1S/C7H11FN4/c1-4-10-6(9)5(8)7(11-4)12(2)3/h1-3H3,(H2,9,10,11). The van der Waals surface area contributed by atoms with E-state index >= 15 is 0 Å². The Morgan fingerprint density at radius 2 is 1.92 bits per heavy atom. The molecule has 66 valence electrons. The monoisotopic (exact) mass is 170 g/mol. The van der Waals surface area contributed by atoms with E-state index in [1.165, 1.54) is 0 Å². The highest BCUT2D eigenvalue weighted by Gasteiger charge is 2.11. The van der Waals surface area contributed by atoms with Crippen LogP contribution in [0.3, 0.4) is 0 Å². The van der Waals surface area contributed by atoms with Crippen LogP contribution in [0.25, 0.3) is 0 Å². The number of aromatic nitrogens is 2. The molecular formula is C7H11FN4. The maximum absolute atomic E-state index is 13.1. The summed E-state index contributed by atoms with van der Waals surface area (Å²) < 4.78 is 13.1. The van der Waals surface area contributed by atoms with Crippen LogP contribution in [0, 0.1) is 12.7 Å². The number of halogens is 1. The van der Waals surface area contributed by atoms with Gasteiger partial charge in [-0.3, -0.25) is 0 Å². The Morgan fingerprint density at radius 1 is 1.33 bits per heavy atom. The number of hydrogen-bond donors (Lipinski definition) is 1. The summed E-state index contributed by atoms with van der Waals surface area (Å²) in [7, 11) is 3.40. The van der Waals surface area contributed by atoms with E-state index in [1.54, 1.807) is 25.9 Å². The Labute approximate surface area is 70.2 Å². The second-order valence-electron chi connectivity index (χ2n) is 2.69. The van der Waals surface area contributed by atoms with Gasteiger partial charge >= 0.3 is 0 Å². The van der Waals surface area contributed by atoms with Gasteiger partial charge in [-0.15, -0.1) is 0 Å². The van der Waals surface area contributed by atoms with Gasteiger partial charge in [0.2, 0.25) is 5.82 Å². The second-order valence-corrected chi connectivity index (χ2v) is 2.69. The first kappa shape index (κ1) is 8.70. The number of nitrogen functional groups attached to an aromatic ring is 1. The third kappa shape index (κ3) is 1.44. The second kappa shape index (κ2) is 2.92. The van der Waals surface area contributed by atoms with Crippen LogP contribution < -0.4 is 10.6 Å². The van der Waals surface area contributed by atoms with Crippen LogP contribution in [0.5, 0.6) is 0 Å². The third-order valence-electron chi connectivity index (χ3n) is 1.39. The average Bonchev–Trinajstić information content (AvgIpc) is 1.96. The zero-order chi connectivity index (χ0) is 9.30. The molecule has 0 aliphatic carbocycles. The molecule has 0 saturated carbocycles. The maximum Gasteiger partial charge on any atom is 0.207 e. The zero-order valence-electron chi connectivity index (χ0n) is 7.30. The van der Waals surface area contributed by atoms with Crippen molar-refractivity contribution in [3.05, 3.63) is 11.6 Å². The van der Waals surface area contributed by atoms with Crippen molar-refractivity contribution >= 4 is 11.6 Å². The van der Waals surface area contributed by atoms with E-state index in [-0.39, 0.29) is 11.6 Å². The molecule has 0 aromatic carbocycles. The first-order valence-corrected chi connectivity index (χ1v) is 3.49. The molecule has 0 unspecified atom stereocenters. The fraction of sp³-hybridized carbons (Fsp3) is 0.429. The van der Waals surface area contributed by atoms with Gasteiger partial charge in [0.25, 0.3) is 0 Å². The molecule has 1 aromatic heterocycles. The van der Waals surface area contributed by atoms with Gasteiger partial charge in [-0.2, -0.15) is 4.39 Å². The lowest BCUT2D eigenvalue weighted by molar-refractivity contribution is 0.615. The molecule has 2 N–H and O–H groups in total. The average molecular weight is 170 g/mol. The van der Waals surface area contributed by atoms with Crippen LogP contribution in [0.2, 0.25) is 0 Å². The molecule has 1 rings (SSSR count). The molecule has 0 saturated heterocycles. The summed E-state index contributed by atoms with van der Waals surface area (Å²) in [6.07, 6.45) is 0. The third-order valence-corrected chi connectivity index (χ3v) is 1.39. The van der Waals surface area contributed by atoms with Crippen molar-refractivity contribution in [1.29, 1.82) is 0 Å². The van der Waals surface area contributed by atoms with E-state index in [1.807, 2.05) is 0 Å². The molecule has 12 heavy (non-hydrogen) atoms. The smallest absolute Gasteiger partial charge is 0.207 e. The minimum Gasteiger partial charge on any atom is -0.381 e. The molecule has 1 aromatic rings. The topological polar surface area (TPSA) is 55.0 Å². The van der Waals surface area contributed by atoms with Crippen molar-refractivity contribution in [2.75, 3.05) is 24.7 Å². The van der Waals surface area contributed by atoms with Crippen molar-refractivity contribution in [1.82, 2.24) is 9.97 Å². The number of rotatable bonds is 1. The summed E-state index contributed by atoms with van der Waals surface area (Å²) in [6.45, 7) is 1.67. The number of aryl methyl sites for hydroxylation is 1. The first-order valence-electron chi connectivity index (χ1n) is 3.49. The zero-order valence-corrected chi connectivity index (χ0v) is 7.30. The van der Waals surface area contributed by atoms with Gasteiger partial charge in [-0.05, 0) is 6.92 Å². The quantitative estimate of drug-likeness (QED) is 0.669. The van der Waals surface area contributed by atoms with Crippen molar-refractivity contribution in [2.45, 2.75) is 6.92 Å². The largest absolute Gasteiger partial charge is 0.381 e. The van der Waals surface area contributed by atoms with Crippen LogP contribution >= 0.6 is 0 Å². The lowest BCUT2D eigenvalue weighted by Gasteiger charge is -2.12. The van der Waals surface area contributed by atoms with Gasteiger partial charge in [-0.1, -0.05) is 0 Å². The summed E-state index contributed by atoms with van der Waals surface area (Å²) >= 11 is 0. The summed E-state index contributed by atoms with van der Waals surface area (Å²) in [6, 6.07) is 0. The normalized spacial score (nSPS) is 10.0. The van der Waals surface area contributed by atoms with Crippen molar-refractivity contribution in [3.8, 4) is 0 Å². The van der Waals surface area contributed by atoms with E-state index in [2.05, 4.69) is 9.97 Å². The number of anilines is 2. The predicted octanol–water partition coefficient (Wildman–Crippen LogP) is 0.572. The highest BCUT2D eigenvalue weighted by atomic mass is 19.1. The summed E-state index contributed by atoms with van der Waals surface area (Å²) in [5.41, 5.74) is 5.31. The highest BCUT2D eigenvalue weighted by molar-refractivity contribution is 5.47. The van der Waals surface area contributed by atoms with Gasteiger partial charge in [0, 0.05) is 14.1 Å². The predicted molar refractivity (Wildman–Crippen MR) is 45.5 cm³/mol. The van der Waals surface area contributed by atoms with Gasteiger partial charge in [0.15, 0.2) is 11.6 Å². The van der Waals surface area contributed by atoms with Gasteiger partial charge in [-0.25, -0.2) is 9.97 Å². The summed E-state index contributed by atoms with van der Waals surface area (Å²) in [5, 5.41) is 0. The first-order chi connectivity index (χ1) is 5.52.